The van der Waals surface area contributed by atoms with E-state index in [1.807, 2.05) is 0 Å². The second-order valence-electron chi connectivity index (χ2n) is 6.09. The van der Waals surface area contributed by atoms with Gasteiger partial charge in [0.25, 0.3) is 0 Å². The standard InChI is InChI=1S/C19H38O2/c20-18-16-14-12-10-8-6-4-2-1-3-5-7-9-11-13-15-17-19-21/h1-2,20-21H,3-19H2. The summed E-state index contributed by atoms with van der Waals surface area (Å²) in [6, 6.07) is 0. The molecule has 0 rings (SSSR count). The van der Waals surface area contributed by atoms with E-state index in [9.17, 15) is 0 Å². The van der Waals surface area contributed by atoms with Crippen molar-refractivity contribution in [3.8, 4) is 0 Å². The minimum atomic E-state index is 0.353. The van der Waals surface area contributed by atoms with Crippen molar-refractivity contribution < 1.29 is 10.2 Å². The van der Waals surface area contributed by atoms with Gasteiger partial charge in [-0.15, -0.1) is 0 Å². The number of hydrogen-bond donors (Lipinski definition) is 2. The molecule has 2 heteroatoms. The van der Waals surface area contributed by atoms with E-state index >= 15 is 0 Å². The largest absolute Gasteiger partial charge is 0.396 e. The summed E-state index contributed by atoms with van der Waals surface area (Å²) in [6.45, 7) is 0.707. The average molecular weight is 299 g/mol. The zero-order valence-corrected chi connectivity index (χ0v) is 14.1. The van der Waals surface area contributed by atoms with Crippen LogP contribution in [0.2, 0.25) is 0 Å². The highest BCUT2D eigenvalue weighted by atomic mass is 16.3. The van der Waals surface area contributed by atoms with Crippen molar-refractivity contribution in [2.75, 3.05) is 13.2 Å². The molecular weight excluding hydrogens is 260 g/mol. The van der Waals surface area contributed by atoms with Crippen molar-refractivity contribution >= 4 is 0 Å². The lowest BCUT2D eigenvalue weighted by Gasteiger charge is -2.00. The van der Waals surface area contributed by atoms with E-state index in [0.717, 1.165) is 12.8 Å². The van der Waals surface area contributed by atoms with Crippen molar-refractivity contribution in [3.63, 3.8) is 0 Å². The number of aliphatic hydroxyl groups is 2. The van der Waals surface area contributed by atoms with Crippen LogP contribution in [0.15, 0.2) is 12.2 Å². The first-order valence-corrected chi connectivity index (χ1v) is 9.28. The molecule has 0 aliphatic carbocycles. The maximum Gasteiger partial charge on any atom is 0.0431 e. The highest BCUT2D eigenvalue weighted by Gasteiger charge is 1.91. The molecule has 0 atom stereocenters. The Kier molecular flexibility index (Phi) is 19.3. The molecule has 0 aliphatic rings. The summed E-state index contributed by atoms with van der Waals surface area (Å²) in [6.07, 6.45) is 23.4. The second kappa shape index (κ2) is 19.7. The summed E-state index contributed by atoms with van der Waals surface area (Å²) in [5.74, 6) is 0. The Morgan fingerprint density at radius 3 is 1.00 bits per heavy atom. The van der Waals surface area contributed by atoms with E-state index in [1.165, 1.54) is 83.5 Å². The van der Waals surface area contributed by atoms with Gasteiger partial charge in [-0.3, -0.25) is 0 Å². The molecule has 0 aliphatic heterocycles. The van der Waals surface area contributed by atoms with Crippen LogP contribution in [-0.4, -0.2) is 23.4 Å². The molecule has 0 amide bonds. The number of allylic oxidation sites excluding steroid dienone is 2. The normalized spacial score (nSPS) is 11.5. The van der Waals surface area contributed by atoms with Gasteiger partial charge < -0.3 is 10.2 Å². The average Bonchev–Trinajstić information content (AvgIpc) is 2.50. The highest BCUT2D eigenvalue weighted by Crippen LogP contribution is 2.10. The number of aliphatic hydroxyl groups excluding tert-OH is 2. The van der Waals surface area contributed by atoms with E-state index in [-0.39, 0.29) is 0 Å². The minimum absolute atomic E-state index is 0.353. The molecule has 0 fully saturated rings. The van der Waals surface area contributed by atoms with Gasteiger partial charge in [-0.05, 0) is 38.5 Å². The number of hydrogen-bond acceptors (Lipinski definition) is 2. The van der Waals surface area contributed by atoms with Crippen LogP contribution in [0, 0.1) is 0 Å². The third-order valence-electron chi connectivity index (χ3n) is 3.97. The Hall–Kier alpha value is -0.340. The molecule has 0 heterocycles. The molecule has 2 N–H and O–H groups in total. The van der Waals surface area contributed by atoms with Gasteiger partial charge in [-0.25, -0.2) is 0 Å². The van der Waals surface area contributed by atoms with Crippen LogP contribution in [0.3, 0.4) is 0 Å². The first-order valence-electron chi connectivity index (χ1n) is 9.28. The summed E-state index contributed by atoms with van der Waals surface area (Å²) in [7, 11) is 0. The van der Waals surface area contributed by atoms with Crippen LogP contribution in [0.4, 0.5) is 0 Å². The Morgan fingerprint density at radius 1 is 0.381 bits per heavy atom. The number of unbranched alkanes of at least 4 members (excludes halogenated alkanes) is 13. The van der Waals surface area contributed by atoms with Crippen molar-refractivity contribution in [2.24, 2.45) is 0 Å². The van der Waals surface area contributed by atoms with Crippen LogP contribution in [-0.2, 0) is 0 Å². The van der Waals surface area contributed by atoms with E-state index < -0.39 is 0 Å². The second-order valence-corrected chi connectivity index (χ2v) is 6.09. The van der Waals surface area contributed by atoms with Gasteiger partial charge in [0.1, 0.15) is 0 Å². The molecule has 126 valence electrons. The lowest BCUT2D eigenvalue weighted by atomic mass is 10.1. The van der Waals surface area contributed by atoms with Crippen molar-refractivity contribution in [1.82, 2.24) is 0 Å². The van der Waals surface area contributed by atoms with Crippen LogP contribution >= 0.6 is 0 Å². The fraction of sp³-hybridized carbons (Fsp3) is 0.895. The molecule has 0 unspecified atom stereocenters. The van der Waals surface area contributed by atoms with Gasteiger partial charge in [0.15, 0.2) is 0 Å². The fourth-order valence-corrected chi connectivity index (χ4v) is 2.57. The SMILES string of the molecule is OCCCCCCCCC=CCCCCCCCCCO. The summed E-state index contributed by atoms with van der Waals surface area (Å²) >= 11 is 0. The van der Waals surface area contributed by atoms with Crippen LogP contribution in [0.5, 0.6) is 0 Å². The van der Waals surface area contributed by atoms with E-state index in [2.05, 4.69) is 12.2 Å². The summed E-state index contributed by atoms with van der Waals surface area (Å²) in [5, 5.41) is 17.3. The Balaban J connectivity index is 3.02. The van der Waals surface area contributed by atoms with Crippen molar-refractivity contribution in [1.29, 1.82) is 0 Å². The van der Waals surface area contributed by atoms with E-state index in [0.29, 0.717) is 13.2 Å². The Labute approximate surface area is 132 Å². The first kappa shape index (κ1) is 20.7. The van der Waals surface area contributed by atoms with Crippen LogP contribution in [0.25, 0.3) is 0 Å². The highest BCUT2D eigenvalue weighted by molar-refractivity contribution is 4.81. The predicted octanol–water partition coefficient (Wildman–Crippen LogP) is 5.38. The molecule has 21 heavy (non-hydrogen) atoms. The topological polar surface area (TPSA) is 40.5 Å². The lowest BCUT2D eigenvalue weighted by molar-refractivity contribution is 0.282. The molecule has 0 aromatic carbocycles. The predicted molar refractivity (Wildman–Crippen MR) is 92.6 cm³/mol. The zero-order valence-electron chi connectivity index (χ0n) is 14.1. The molecule has 0 saturated carbocycles. The minimum Gasteiger partial charge on any atom is -0.396 e. The smallest absolute Gasteiger partial charge is 0.0431 e. The first-order chi connectivity index (χ1) is 10.4. The quantitative estimate of drug-likeness (QED) is 0.279. The molecule has 0 spiro atoms. The fourth-order valence-electron chi connectivity index (χ4n) is 2.57. The maximum absolute atomic E-state index is 8.68. The van der Waals surface area contributed by atoms with Gasteiger partial charge in [0.2, 0.25) is 0 Å². The van der Waals surface area contributed by atoms with Gasteiger partial charge in [0.05, 0.1) is 0 Å². The Bertz CT molecular complexity index is 202. The molecule has 2 nitrogen and oxygen atoms in total. The molecule has 0 aromatic rings. The van der Waals surface area contributed by atoms with E-state index in [4.69, 9.17) is 10.2 Å². The van der Waals surface area contributed by atoms with Crippen molar-refractivity contribution in [3.05, 3.63) is 12.2 Å². The van der Waals surface area contributed by atoms with Gasteiger partial charge >= 0.3 is 0 Å². The molecular formula is C19H38O2. The van der Waals surface area contributed by atoms with Crippen LogP contribution in [0.1, 0.15) is 96.3 Å². The van der Waals surface area contributed by atoms with E-state index in [1.54, 1.807) is 0 Å². The third-order valence-corrected chi connectivity index (χ3v) is 3.97. The number of rotatable bonds is 17. The summed E-state index contributed by atoms with van der Waals surface area (Å²) < 4.78 is 0. The molecule has 0 aromatic heterocycles. The summed E-state index contributed by atoms with van der Waals surface area (Å²) in [4.78, 5) is 0. The van der Waals surface area contributed by atoms with Gasteiger partial charge in [0, 0.05) is 13.2 Å². The van der Waals surface area contributed by atoms with Crippen molar-refractivity contribution in [2.45, 2.75) is 96.3 Å². The Morgan fingerprint density at radius 2 is 0.667 bits per heavy atom. The zero-order chi connectivity index (χ0) is 15.4. The van der Waals surface area contributed by atoms with Crippen LogP contribution < -0.4 is 0 Å². The van der Waals surface area contributed by atoms with Gasteiger partial charge in [-0.1, -0.05) is 69.9 Å². The van der Waals surface area contributed by atoms with Gasteiger partial charge in [-0.2, -0.15) is 0 Å². The molecule has 0 radical (unpaired) electrons. The monoisotopic (exact) mass is 298 g/mol. The third kappa shape index (κ3) is 19.7. The maximum atomic E-state index is 8.68. The summed E-state index contributed by atoms with van der Waals surface area (Å²) in [5.41, 5.74) is 0. The molecule has 0 saturated heterocycles. The lowest BCUT2D eigenvalue weighted by Crippen LogP contribution is -1.84. The molecule has 0 bridgehead atoms.